The van der Waals surface area contributed by atoms with E-state index >= 15 is 0 Å². The Bertz CT molecular complexity index is 890. The van der Waals surface area contributed by atoms with Gasteiger partial charge in [-0.05, 0) is 57.9 Å². The van der Waals surface area contributed by atoms with E-state index in [-0.39, 0.29) is 0 Å². The molecule has 24 heavy (non-hydrogen) atoms. The van der Waals surface area contributed by atoms with E-state index in [2.05, 4.69) is 15.6 Å². The first-order valence-electron chi connectivity index (χ1n) is 8.01. The molecule has 5 heteroatoms. The Labute approximate surface area is 142 Å². The van der Waals surface area contributed by atoms with E-state index in [1.807, 2.05) is 46.9 Å². The summed E-state index contributed by atoms with van der Waals surface area (Å²) >= 11 is 0. The number of imidazole rings is 1. The van der Waals surface area contributed by atoms with Crippen molar-refractivity contribution in [3.05, 3.63) is 52.4 Å². The van der Waals surface area contributed by atoms with Crippen molar-refractivity contribution in [3.63, 3.8) is 0 Å². The van der Waals surface area contributed by atoms with Gasteiger partial charge in [-0.3, -0.25) is 0 Å². The van der Waals surface area contributed by atoms with Crippen LogP contribution in [0.15, 0.2) is 22.7 Å². The molecular formula is C19H23N3O2. The van der Waals surface area contributed by atoms with Crippen molar-refractivity contribution in [2.45, 2.75) is 41.2 Å². The van der Waals surface area contributed by atoms with Crippen molar-refractivity contribution in [1.82, 2.24) is 14.5 Å². The second-order valence-corrected chi connectivity index (χ2v) is 6.22. The predicted octanol–water partition coefficient (Wildman–Crippen LogP) is 4.14. The molecule has 0 saturated carbocycles. The van der Waals surface area contributed by atoms with Gasteiger partial charge in [-0.1, -0.05) is 0 Å². The number of oxazole rings is 1. The minimum atomic E-state index is 0.653. The number of rotatable bonds is 4. The predicted molar refractivity (Wildman–Crippen MR) is 93.5 cm³/mol. The number of hydrogen-bond acceptors (Lipinski definition) is 4. The van der Waals surface area contributed by atoms with E-state index in [9.17, 15) is 0 Å². The molecule has 0 amide bonds. The third-order valence-electron chi connectivity index (χ3n) is 4.28. The van der Waals surface area contributed by atoms with Crippen molar-refractivity contribution >= 4 is 0 Å². The molecule has 0 atom stereocenters. The maximum atomic E-state index is 5.94. The molecule has 2 heterocycles. The average Bonchev–Trinajstić information content (AvgIpc) is 3.04. The summed E-state index contributed by atoms with van der Waals surface area (Å²) in [6.07, 6.45) is 2.03. The Kier molecular flexibility index (Phi) is 4.18. The molecule has 0 aliphatic carbocycles. The minimum Gasteiger partial charge on any atom is -0.496 e. The van der Waals surface area contributed by atoms with Crippen molar-refractivity contribution in [3.8, 4) is 17.2 Å². The monoisotopic (exact) mass is 325 g/mol. The lowest BCUT2D eigenvalue weighted by Crippen LogP contribution is -2.02. The van der Waals surface area contributed by atoms with Gasteiger partial charge >= 0.3 is 0 Å². The smallest absolute Gasteiger partial charge is 0.226 e. The number of benzene rings is 1. The molecule has 0 aliphatic heterocycles. The summed E-state index contributed by atoms with van der Waals surface area (Å²) < 4.78 is 13.4. The molecule has 0 fully saturated rings. The van der Waals surface area contributed by atoms with Gasteiger partial charge in [0.2, 0.25) is 5.89 Å². The van der Waals surface area contributed by atoms with Crippen LogP contribution in [0.1, 0.15) is 34.1 Å². The second kappa shape index (κ2) is 6.15. The molecule has 1 aromatic carbocycles. The van der Waals surface area contributed by atoms with Gasteiger partial charge in [-0.25, -0.2) is 9.97 Å². The van der Waals surface area contributed by atoms with Gasteiger partial charge in [0.1, 0.15) is 23.0 Å². The van der Waals surface area contributed by atoms with Gasteiger partial charge in [0.05, 0.1) is 19.3 Å². The first kappa shape index (κ1) is 16.3. The highest BCUT2D eigenvalue weighted by Gasteiger charge is 2.16. The largest absolute Gasteiger partial charge is 0.496 e. The summed E-state index contributed by atoms with van der Waals surface area (Å²) in [6.45, 7) is 10.7. The molecule has 0 spiro atoms. The van der Waals surface area contributed by atoms with Gasteiger partial charge in [-0.2, -0.15) is 0 Å². The molecule has 0 unspecified atom stereocenters. The quantitative estimate of drug-likeness (QED) is 0.723. The van der Waals surface area contributed by atoms with Crippen molar-refractivity contribution in [1.29, 1.82) is 0 Å². The topological polar surface area (TPSA) is 53.1 Å². The first-order chi connectivity index (χ1) is 11.4. The Hall–Kier alpha value is -2.56. The summed E-state index contributed by atoms with van der Waals surface area (Å²) in [5.74, 6) is 3.35. The average molecular weight is 325 g/mol. The van der Waals surface area contributed by atoms with Gasteiger partial charge in [0.15, 0.2) is 0 Å². The van der Waals surface area contributed by atoms with Gasteiger partial charge in [0.25, 0.3) is 0 Å². The van der Waals surface area contributed by atoms with E-state index in [0.717, 1.165) is 45.4 Å². The number of nitrogens with zero attached hydrogens (tertiary/aromatic N) is 3. The molecule has 3 rings (SSSR count). The Morgan fingerprint density at radius 1 is 1.04 bits per heavy atom. The van der Waals surface area contributed by atoms with E-state index in [1.54, 1.807) is 7.11 Å². The van der Waals surface area contributed by atoms with Gasteiger partial charge < -0.3 is 13.7 Å². The van der Waals surface area contributed by atoms with E-state index < -0.39 is 0 Å². The lowest BCUT2D eigenvalue weighted by atomic mass is 10.0. The van der Waals surface area contributed by atoms with Crippen LogP contribution in [-0.4, -0.2) is 21.6 Å². The maximum absolute atomic E-state index is 5.94. The van der Waals surface area contributed by atoms with Crippen LogP contribution in [-0.2, 0) is 6.54 Å². The highest BCUT2D eigenvalue weighted by atomic mass is 16.5. The van der Waals surface area contributed by atoms with E-state index in [4.69, 9.17) is 14.1 Å². The van der Waals surface area contributed by atoms with E-state index in [0.29, 0.717) is 12.4 Å². The second-order valence-electron chi connectivity index (χ2n) is 6.22. The SMILES string of the molecule is COc1cc(C)c(-c2nc(Cn3cc(C)nc3C)c(C)o2)cc1C. The number of methoxy groups -OCH3 is 1. The molecule has 3 aromatic rings. The molecule has 0 bridgehead atoms. The van der Waals surface area contributed by atoms with Crippen LogP contribution in [0.4, 0.5) is 0 Å². The standard InChI is InChI=1S/C19H23N3O2/c1-11-8-18(23-6)12(2)7-16(11)19-21-17(14(4)24-19)10-22-9-13(3)20-15(22)5/h7-9H,10H2,1-6H3. The third-order valence-corrected chi connectivity index (χ3v) is 4.28. The Morgan fingerprint density at radius 2 is 1.79 bits per heavy atom. The minimum absolute atomic E-state index is 0.653. The number of ether oxygens (including phenoxy) is 1. The van der Waals surface area contributed by atoms with Crippen LogP contribution in [0.25, 0.3) is 11.5 Å². The van der Waals surface area contributed by atoms with Crippen LogP contribution >= 0.6 is 0 Å². The highest BCUT2D eigenvalue weighted by Crippen LogP contribution is 2.30. The van der Waals surface area contributed by atoms with Gasteiger partial charge in [0, 0.05) is 11.8 Å². The van der Waals surface area contributed by atoms with Crippen molar-refractivity contribution in [2.24, 2.45) is 0 Å². The van der Waals surface area contributed by atoms with Gasteiger partial charge in [-0.15, -0.1) is 0 Å². The normalized spacial score (nSPS) is 11.1. The fraction of sp³-hybridized carbons (Fsp3) is 0.368. The zero-order valence-corrected chi connectivity index (χ0v) is 15.1. The Balaban J connectivity index is 1.97. The molecule has 0 N–H and O–H groups in total. The summed E-state index contributed by atoms with van der Waals surface area (Å²) in [5.41, 5.74) is 5.09. The van der Waals surface area contributed by atoms with E-state index in [1.165, 1.54) is 0 Å². The first-order valence-corrected chi connectivity index (χ1v) is 8.01. The summed E-state index contributed by atoms with van der Waals surface area (Å²) in [6, 6.07) is 4.09. The fourth-order valence-corrected chi connectivity index (χ4v) is 2.92. The molecule has 2 aromatic heterocycles. The van der Waals surface area contributed by atoms with Crippen LogP contribution in [0.5, 0.6) is 5.75 Å². The molecule has 5 nitrogen and oxygen atoms in total. The van der Waals surface area contributed by atoms with Crippen LogP contribution in [0.3, 0.4) is 0 Å². The molecular weight excluding hydrogens is 302 g/mol. The molecule has 0 saturated heterocycles. The zero-order chi connectivity index (χ0) is 17.4. The zero-order valence-electron chi connectivity index (χ0n) is 15.1. The third kappa shape index (κ3) is 2.94. The van der Waals surface area contributed by atoms with Crippen LogP contribution in [0.2, 0.25) is 0 Å². The molecule has 0 aliphatic rings. The van der Waals surface area contributed by atoms with Crippen molar-refractivity contribution < 1.29 is 9.15 Å². The lowest BCUT2D eigenvalue weighted by Gasteiger charge is -2.08. The Morgan fingerprint density at radius 3 is 2.42 bits per heavy atom. The lowest BCUT2D eigenvalue weighted by molar-refractivity contribution is 0.411. The van der Waals surface area contributed by atoms with Crippen LogP contribution in [0, 0.1) is 34.6 Å². The van der Waals surface area contributed by atoms with Crippen molar-refractivity contribution in [2.75, 3.05) is 7.11 Å². The maximum Gasteiger partial charge on any atom is 0.226 e. The highest BCUT2D eigenvalue weighted by molar-refractivity contribution is 5.62. The summed E-state index contributed by atoms with van der Waals surface area (Å²) in [5, 5.41) is 0. The molecule has 0 radical (unpaired) electrons. The summed E-state index contributed by atoms with van der Waals surface area (Å²) in [7, 11) is 1.68. The summed E-state index contributed by atoms with van der Waals surface area (Å²) in [4.78, 5) is 9.16. The fourth-order valence-electron chi connectivity index (χ4n) is 2.92. The number of aromatic nitrogens is 3. The molecule has 126 valence electrons. The number of hydrogen-bond donors (Lipinski definition) is 0. The van der Waals surface area contributed by atoms with Crippen LogP contribution < -0.4 is 4.74 Å². The number of aryl methyl sites for hydroxylation is 5.